The molecule has 0 spiro atoms. The molecule has 0 saturated carbocycles. The molecule has 5 heteroatoms. The molecule has 1 atom stereocenters. The Balaban J connectivity index is 2.99. The van der Waals surface area contributed by atoms with Crippen molar-refractivity contribution in [1.29, 1.82) is 0 Å². The van der Waals surface area contributed by atoms with E-state index in [0.29, 0.717) is 6.61 Å². The van der Waals surface area contributed by atoms with E-state index in [-0.39, 0.29) is 11.6 Å². The molecule has 0 aliphatic carbocycles. The van der Waals surface area contributed by atoms with Gasteiger partial charge < -0.3 is 10.1 Å². The lowest BCUT2D eigenvalue weighted by molar-refractivity contribution is -0.0408. The molecular weight excluding hydrogens is 228 g/mol. The van der Waals surface area contributed by atoms with Crippen LogP contribution in [-0.4, -0.2) is 33.7 Å². The highest BCUT2D eigenvalue weighted by Crippen LogP contribution is 2.28. The summed E-state index contributed by atoms with van der Waals surface area (Å²) >= 11 is 0. The number of aryl methyl sites for hydroxylation is 1. The zero-order chi connectivity index (χ0) is 13.6. The molecule has 1 unspecified atom stereocenters. The molecule has 0 radical (unpaired) electrons. The van der Waals surface area contributed by atoms with Crippen LogP contribution in [0.1, 0.15) is 52.8 Å². The van der Waals surface area contributed by atoms with Crippen molar-refractivity contribution in [2.45, 2.75) is 59.2 Å². The second-order valence-corrected chi connectivity index (χ2v) is 4.91. The van der Waals surface area contributed by atoms with Crippen LogP contribution in [0.2, 0.25) is 0 Å². The van der Waals surface area contributed by atoms with E-state index >= 15 is 0 Å². The lowest BCUT2D eigenvalue weighted by Crippen LogP contribution is -2.42. The molecule has 1 heterocycles. The van der Waals surface area contributed by atoms with Crippen LogP contribution in [0.15, 0.2) is 6.20 Å². The van der Waals surface area contributed by atoms with E-state index < -0.39 is 0 Å². The largest absolute Gasteiger partial charge is 0.374 e. The summed E-state index contributed by atoms with van der Waals surface area (Å²) < 4.78 is 7.84. The number of ether oxygens (including phenoxy) is 1. The Morgan fingerprint density at radius 3 is 2.67 bits per heavy atom. The van der Waals surface area contributed by atoms with Crippen molar-refractivity contribution in [3.63, 3.8) is 0 Å². The maximum atomic E-state index is 5.87. The Morgan fingerprint density at radius 2 is 2.11 bits per heavy atom. The third-order valence-electron chi connectivity index (χ3n) is 3.00. The molecule has 104 valence electrons. The molecule has 0 aromatic carbocycles. The fourth-order valence-electron chi connectivity index (χ4n) is 2.24. The number of nitrogens with zero attached hydrogens (tertiary/aromatic N) is 3. The normalized spacial score (nSPS) is 13.8. The van der Waals surface area contributed by atoms with Gasteiger partial charge in [0.1, 0.15) is 0 Å². The Hall–Kier alpha value is -0.940. The molecule has 0 saturated heterocycles. The van der Waals surface area contributed by atoms with Crippen molar-refractivity contribution in [2.75, 3.05) is 13.2 Å². The molecule has 0 fully saturated rings. The first-order valence-corrected chi connectivity index (χ1v) is 6.82. The molecule has 0 bridgehead atoms. The summed E-state index contributed by atoms with van der Waals surface area (Å²) in [7, 11) is 0. The Kier molecular flexibility index (Phi) is 5.75. The molecule has 0 aliphatic rings. The Labute approximate surface area is 110 Å². The van der Waals surface area contributed by atoms with Crippen molar-refractivity contribution in [1.82, 2.24) is 20.3 Å². The Bertz CT molecular complexity index is 349. The van der Waals surface area contributed by atoms with Gasteiger partial charge in [-0.25, -0.2) is 4.68 Å². The summed E-state index contributed by atoms with van der Waals surface area (Å²) in [5.41, 5.74) is 0.815. The summed E-state index contributed by atoms with van der Waals surface area (Å²) in [6.45, 7) is 12.9. The van der Waals surface area contributed by atoms with Crippen molar-refractivity contribution in [3.8, 4) is 0 Å². The predicted molar refractivity (Wildman–Crippen MR) is 72.4 cm³/mol. The monoisotopic (exact) mass is 254 g/mol. The lowest BCUT2D eigenvalue weighted by Gasteiger charge is -2.34. The third-order valence-corrected chi connectivity index (χ3v) is 3.00. The van der Waals surface area contributed by atoms with E-state index in [0.717, 1.165) is 25.2 Å². The molecule has 0 aliphatic heterocycles. The first-order chi connectivity index (χ1) is 8.56. The maximum absolute atomic E-state index is 5.87. The summed E-state index contributed by atoms with van der Waals surface area (Å²) in [6.07, 6.45) is 2.88. The van der Waals surface area contributed by atoms with Gasteiger partial charge in [-0.1, -0.05) is 19.1 Å². The van der Waals surface area contributed by atoms with Gasteiger partial charge in [0.15, 0.2) is 0 Å². The van der Waals surface area contributed by atoms with Crippen LogP contribution in [0, 0.1) is 0 Å². The van der Waals surface area contributed by atoms with Crippen LogP contribution in [-0.2, 0) is 11.3 Å². The highest BCUT2D eigenvalue weighted by molar-refractivity contribution is 5.08. The molecular formula is C13H26N4O. The summed E-state index contributed by atoms with van der Waals surface area (Å²) in [6, 6.07) is 0.101. The van der Waals surface area contributed by atoms with Crippen LogP contribution >= 0.6 is 0 Å². The van der Waals surface area contributed by atoms with Gasteiger partial charge in [-0.3, -0.25) is 0 Å². The second-order valence-electron chi connectivity index (χ2n) is 4.91. The molecule has 18 heavy (non-hydrogen) atoms. The fraction of sp³-hybridized carbons (Fsp3) is 0.846. The molecule has 1 N–H and O–H groups in total. The van der Waals surface area contributed by atoms with E-state index in [1.54, 1.807) is 0 Å². The van der Waals surface area contributed by atoms with Gasteiger partial charge in [0.2, 0.25) is 0 Å². The molecule has 1 aromatic heterocycles. The Morgan fingerprint density at radius 1 is 1.39 bits per heavy atom. The van der Waals surface area contributed by atoms with Gasteiger partial charge in [-0.15, -0.1) is 5.10 Å². The zero-order valence-electron chi connectivity index (χ0n) is 12.2. The van der Waals surface area contributed by atoms with E-state index in [2.05, 4.69) is 43.3 Å². The van der Waals surface area contributed by atoms with E-state index in [4.69, 9.17) is 4.74 Å². The van der Waals surface area contributed by atoms with Crippen molar-refractivity contribution in [3.05, 3.63) is 11.9 Å². The van der Waals surface area contributed by atoms with Gasteiger partial charge in [0.25, 0.3) is 0 Å². The number of hydrogen-bond donors (Lipinski definition) is 1. The van der Waals surface area contributed by atoms with Crippen molar-refractivity contribution in [2.24, 2.45) is 0 Å². The number of likely N-dealkylation sites (N-methyl/N-ethyl adjacent to an activating group) is 1. The molecule has 5 nitrogen and oxygen atoms in total. The van der Waals surface area contributed by atoms with Crippen LogP contribution in [0.25, 0.3) is 0 Å². The van der Waals surface area contributed by atoms with Crippen LogP contribution in [0.4, 0.5) is 0 Å². The topological polar surface area (TPSA) is 52.0 Å². The SMILES string of the molecule is CCCn1nncc1C(NCC)C(C)(C)OCC. The van der Waals surface area contributed by atoms with Gasteiger partial charge >= 0.3 is 0 Å². The van der Waals surface area contributed by atoms with E-state index in [1.165, 1.54) is 0 Å². The third kappa shape index (κ3) is 3.53. The average molecular weight is 254 g/mol. The van der Waals surface area contributed by atoms with Crippen molar-refractivity contribution < 1.29 is 4.74 Å². The summed E-state index contributed by atoms with van der Waals surface area (Å²) in [5, 5.41) is 11.7. The zero-order valence-corrected chi connectivity index (χ0v) is 12.2. The van der Waals surface area contributed by atoms with Gasteiger partial charge in [0, 0.05) is 13.2 Å². The number of nitrogens with one attached hydrogen (secondary N) is 1. The number of rotatable bonds is 8. The van der Waals surface area contributed by atoms with Crippen molar-refractivity contribution >= 4 is 0 Å². The van der Waals surface area contributed by atoms with Crippen LogP contribution < -0.4 is 5.32 Å². The predicted octanol–water partition coefficient (Wildman–Crippen LogP) is 2.15. The van der Waals surface area contributed by atoms with Crippen LogP contribution in [0.5, 0.6) is 0 Å². The van der Waals surface area contributed by atoms with Gasteiger partial charge in [-0.05, 0) is 33.7 Å². The number of aromatic nitrogens is 3. The van der Waals surface area contributed by atoms with E-state index in [1.807, 2.05) is 17.8 Å². The minimum atomic E-state index is -0.280. The first-order valence-electron chi connectivity index (χ1n) is 6.82. The minimum absolute atomic E-state index is 0.101. The lowest BCUT2D eigenvalue weighted by atomic mass is 9.95. The summed E-state index contributed by atoms with van der Waals surface area (Å²) in [4.78, 5) is 0. The molecule has 0 amide bonds. The molecule has 1 aromatic rings. The summed E-state index contributed by atoms with van der Waals surface area (Å²) in [5.74, 6) is 0. The standard InChI is InChI=1S/C13H26N4O/c1-6-9-17-11(10-15-16-17)12(14-7-2)13(4,5)18-8-3/h10,12,14H,6-9H2,1-5H3. The van der Waals surface area contributed by atoms with Gasteiger partial charge in [-0.2, -0.15) is 0 Å². The average Bonchev–Trinajstić information content (AvgIpc) is 2.74. The quantitative estimate of drug-likeness (QED) is 0.772. The molecule has 1 rings (SSSR count). The smallest absolute Gasteiger partial charge is 0.0836 e. The highest BCUT2D eigenvalue weighted by atomic mass is 16.5. The first kappa shape index (κ1) is 15.1. The second kappa shape index (κ2) is 6.85. The van der Waals surface area contributed by atoms with Gasteiger partial charge in [0.05, 0.1) is 23.5 Å². The minimum Gasteiger partial charge on any atom is -0.374 e. The highest BCUT2D eigenvalue weighted by Gasteiger charge is 2.33. The van der Waals surface area contributed by atoms with Crippen LogP contribution in [0.3, 0.4) is 0 Å². The maximum Gasteiger partial charge on any atom is 0.0836 e. The number of hydrogen-bond acceptors (Lipinski definition) is 4. The fourth-order valence-corrected chi connectivity index (χ4v) is 2.24. The van der Waals surface area contributed by atoms with E-state index in [9.17, 15) is 0 Å².